The van der Waals surface area contributed by atoms with Crippen molar-refractivity contribution in [1.82, 2.24) is 4.37 Å². The Labute approximate surface area is 117 Å². The van der Waals surface area contributed by atoms with E-state index in [1.165, 1.54) is 24.4 Å². The van der Waals surface area contributed by atoms with Crippen molar-refractivity contribution in [3.63, 3.8) is 0 Å². The van der Waals surface area contributed by atoms with Crippen LogP contribution in [0, 0.1) is 5.92 Å². The summed E-state index contributed by atoms with van der Waals surface area (Å²) in [5.74, 6) is 0.727. The van der Waals surface area contributed by atoms with E-state index in [1.54, 1.807) is 0 Å². The molecule has 0 amide bonds. The summed E-state index contributed by atoms with van der Waals surface area (Å²) in [6.07, 6.45) is 4.96. The van der Waals surface area contributed by atoms with Crippen molar-refractivity contribution in [2.24, 2.45) is 5.92 Å². The van der Waals surface area contributed by atoms with Crippen LogP contribution >= 0.6 is 11.5 Å². The lowest BCUT2D eigenvalue weighted by atomic mass is 10.1. The number of rotatable bonds is 4. The maximum Gasteiger partial charge on any atom is 0.187 e. The molecule has 106 valence electrons. The number of nitrogens with zero attached hydrogens (tertiary/aromatic N) is 1. The molecule has 1 aromatic heterocycles. The summed E-state index contributed by atoms with van der Waals surface area (Å²) in [5, 5.41) is 3.76. The van der Waals surface area contributed by atoms with Crippen LogP contribution in [0.1, 0.15) is 39.0 Å². The Balaban J connectivity index is 1.90. The first-order valence-corrected chi connectivity index (χ1v) is 9.07. The lowest BCUT2D eigenvalue weighted by Crippen LogP contribution is -2.22. The van der Waals surface area contributed by atoms with Gasteiger partial charge in [0.1, 0.15) is 9.90 Å². The SMILES string of the molecule is CC1CCCC1Nc1snc(N)c1S(=O)(=O)C1CC1. The standard InChI is InChI=1S/C12H19N3O2S2/c1-7-3-2-4-9(7)14-12-10(11(13)15-18-12)19(16,17)8-5-6-8/h7-9,14H,2-6H2,1H3,(H2,13,15). The summed E-state index contributed by atoms with van der Waals surface area (Å²) in [5.41, 5.74) is 5.78. The number of nitrogens with two attached hydrogens (primary N) is 1. The third-order valence-corrected chi connectivity index (χ3v) is 7.35. The molecular formula is C12H19N3O2S2. The summed E-state index contributed by atoms with van der Waals surface area (Å²) >= 11 is 1.17. The van der Waals surface area contributed by atoms with E-state index in [4.69, 9.17) is 5.73 Å². The molecule has 1 heterocycles. The van der Waals surface area contributed by atoms with Crippen LogP contribution in [0.4, 0.5) is 10.8 Å². The van der Waals surface area contributed by atoms with Gasteiger partial charge in [0.05, 0.1) is 5.25 Å². The van der Waals surface area contributed by atoms with Crippen LogP contribution in [0.25, 0.3) is 0 Å². The highest BCUT2D eigenvalue weighted by molar-refractivity contribution is 7.92. The van der Waals surface area contributed by atoms with Gasteiger partial charge in [-0.25, -0.2) is 8.42 Å². The minimum Gasteiger partial charge on any atom is -0.382 e. The van der Waals surface area contributed by atoms with Gasteiger partial charge in [0, 0.05) is 6.04 Å². The van der Waals surface area contributed by atoms with E-state index in [0.717, 1.165) is 19.3 Å². The van der Waals surface area contributed by atoms with Crippen molar-refractivity contribution in [3.05, 3.63) is 0 Å². The number of nitrogens with one attached hydrogen (secondary N) is 1. The molecule has 2 unspecified atom stereocenters. The molecule has 5 nitrogen and oxygen atoms in total. The summed E-state index contributed by atoms with van der Waals surface area (Å²) in [6.45, 7) is 2.20. The van der Waals surface area contributed by atoms with E-state index < -0.39 is 9.84 Å². The number of hydrogen-bond donors (Lipinski definition) is 2. The molecule has 0 spiro atoms. The third kappa shape index (κ3) is 2.33. The van der Waals surface area contributed by atoms with E-state index in [1.807, 2.05) is 0 Å². The molecule has 2 aliphatic carbocycles. The average Bonchev–Trinajstić information content (AvgIpc) is 3.05. The highest BCUT2D eigenvalue weighted by atomic mass is 32.2. The summed E-state index contributed by atoms with van der Waals surface area (Å²) < 4.78 is 28.8. The van der Waals surface area contributed by atoms with Crippen molar-refractivity contribution in [1.29, 1.82) is 0 Å². The van der Waals surface area contributed by atoms with Crippen molar-refractivity contribution in [3.8, 4) is 0 Å². The van der Waals surface area contributed by atoms with Crippen LogP contribution in [0.15, 0.2) is 4.90 Å². The van der Waals surface area contributed by atoms with Crippen LogP contribution in [0.2, 0.25) is 0 Å². The number of sulfone groups is 1. The van der Waals surface area contributed by atoms with Gasteiger partial charge in [-0.15, -0.1) is 0 Å². The zero-order valence-corrected chi connectivity index (χ0v) is 12.6. The lowest BCUT2D eigenvalue weighted by Gasteiger charge is -2.18. The van der Waals surface area contributed by atoms with Crippen LogP contribution in [0.3, 0.4) is 0 Å². The summed E-state index contributed by atoms with van der Waals surface area (Å²) in [7, 11) is -3.28. The van der Waals surface area contributed by atoms with Crippen molar-refractivity contribution in [2.75, 3.05) is 11.1 Å². The highest BCUT2D eigenvalue weighted by Gasteiger charge is 2.41. The van der Waals surface area contributed by atoms with E-state index in [2.05, 4.69) is 16.6 Å². The highest BCUT2D eigenvalue weighted by Crippen LogP contribution is 2.42. The fraction of sp³-hybridized carbons (Fsp3) is 0.750. The molecule has 2 atom stereocenters. The molecular weight excluding hydrogens is 282 g/mol. The van der Waals surface area contributed by atoms with Crippen LogP contribution in [0.5, 0.6) is 0 Å². The molecule has 1 aromatic rings. The van der Waals surface area contributed by atoms with Crippen LogP contribution in [-0.4, -0.2) is 24.1 Å². The van der Waals surface area contributed by atoms with Gasteiger partial charge in [0.15, 0.2) is 15.7 Å². The van der Waals surface area contributed by atoms with Crippen molar-refractivity contribution >= 4 is 32.2 Å². The second-order valence-corrected chi connectivity index (χ2v) is 8.57. The van der Waals surface area contributed by atoms with E-state index in [0.29, 0.717) is 17.0 Å². The zero-order valence-electron chi connectivity index (χ0n) is 10.9. The number of anilines is 2. The Morgan fingerprint density at radius 2 is 2.05 bits per heavy atom. The maximum absolute atomic E-state index is 12.4. The van der Waals surface area contributed by atoms with E-state index in [-0.39, 0.29) is 16.0 Å². The Hall–Kier alpha value is -0.820. The van der Waals surface area contributed by atoms with Crippen molar-refractivity contribution < 1.29 is 8.42 Å². The molecule has 19 heavy (non-hydrogen) atoms. The minimum atomic E-state index is -3.28. The number of hydrogen-bond acceptors (Lipinski definition) is 6. The van der Waals surface area contributed by atoms with E-state index in [9.17, 15) is 8.42 Å². The fourth-order valence-corrected chi connectivity index (χ4v) is 5.67. The van der Waals surface area contributed by atoms with Gasteiger partial charge in [0.25, 0.3) is 0 Å². The number of nitrogen functional groups attached to an aromatic ring is 1. The first-order chi connectivity index (χ1) is 9.00. The lowest BCUT2D eigenvalue weighted by molar-refractivity contribution is 0.556. The molecule has 2 saturated carbocycles. The Kier molecular flexibility index (Phi) is 3.21. The topological polar surface area (TPSA) is 85.1 Å². The third-order valence-electron chi connectivity index (χ3n) is 4.10. The molecule has 0 saturated heterocycles. The molecule has 2 aliphatic rings. The molecule has 7 heteroatoms. The molecule has 3 N–H and O–H groups in total. The summed E-state index contributed by atoms with van der Waals surface area (Å²) in [6, 6.07) is 0.341. The Morgan fingerprint density at radius 1 is 1.32 bits per heavy atom. The number of aromatic nitrogens is 1. The van der Waals surface area contributed by atoms with Crippen molar-refractivity contribution in [2.45, 2.75) is 55.2 Å². The predicted molar refractivity (Wildman–Crippen MR) is 77.2 cm³/mol. The Bertz CT molecular complexity index is 578. The first kappa shape index (κ1) is 13.2. The quantitative estimate of drug-likeness (QED) is 0.891. The second kappa shape index (κ2) is 4.63. The van der Waals surface area contributed by atoms with Gasteiger partial charge in [-0.2, -0.15) is 4.37 Å². The molecule has 0 aromatic carbocycles. The van der Waals surface area contributed by atoms with Crippen LogP contribution in [-0.2, 0) is 9.84 Å². The predicted octanol–water partition coefficient (Wildman–Crippen LogP) is 2.26. The summed E-state index contributed by atoms with van der Waals surface area (Å²) in [4.78, 5) is 0.249. The molecule has 0 radical (unpaired) electrons. The second-order valence-electron chi connectivity index (χ2n) is 5.63. The van der Waals surface area contributed by atoms with Crippen LogP contribution < -0.4 is 11.1 Å². The molecule has 0 aliphatic heterocycles. The van der Waals surface area contributed by atoms with Gasteiger partial charge in [-0.3, -0.25) is 0 Å². The molecule has 2 fully saturated rings. The smallest absolute Gasteiger partial charge is 0.187 e. The fourth-order valence-electron chi connectivity index (χ4n) is 2.73. The normalized spacial score (nSPS) is 27.6. The van der Waals surface area contributed by atoms with E-state index >= 15 is 0 Å². The average molecular weight is 301 g/mol. The zero-order chi connectivity index (χ0) is 13.6. The Morgan fingerprint density at radius 3 is 2.63 bits per heavy atom. The van der Waals surface area contributed by atoms with Gasteiger partial charge in [-0.1, -0.05) is 13.3 Å². The minimum absolute atomic E-state index is 0.157. The monoisotopic (exact) mass is 301 g/mol. The van der Waals surface area contributed by atoms with Gasteiger partial charge in [-0.05, 0) is 43.1 Å². The maximum atomic E-state index is 12.4. The molecule has 0 bridgehead atoms. The molecule has 3 rings (SSSR count). The first-order valence-electron chi connectivity index (χ1n) is 6.75. The van der Waals surface area contributed by atoms with Gasteiger partial charge >= 0.3 is 0 Å². The van der Waals surface area contributed by atoms with Gasteiger partial charge in [0.2, 0.25) is 0 Å². The largest absolute Gasteiger partial charge is 0.382 e. The van der Waals surface area contributed by atoms with Gasteiger partial charge < -0.3 is 11.1 Å².